The van der Waals surface area contributed by atoms with Gasteiger partial charge >= 0.3 is 0 Å². The average Bonchev–Trinajstić information content (AvgIpc) is 2.82. The van der Waals surface area contributed by atoms with Gasteiger partial charge < -0.3 is 5.32 Å². The first kappa shape index (κ1) is 15.5. The molecule has 1 aromatic carbocycles. The molecule has 1 N–H and O–H groups in total. The highest BCUT2D eigenvalue weighted by Crippen LogP contribution is 2.19. The summed E-state index contributed by atoms with van der Waals surface area (Å²) in [7, 11) is 0. The fourth-order valence-corrected chi connectivity index (χ4v) is 2.90. The van der Waals surface area contributed by atoms with Crippen LogP contribution < -0.4 is 5.32 Å². The maximum absolute atomic E-state index is 3.50. The predicted molar refractivity (Wildman–Crippen MR) is 87.0 cm³/mol. The standard InChI is InChI=1S/C18H30N2/c1-15(2)13-19-11-10-17-6-8-18(9-7-17)14-20-12-4-5-16(20)3/h6-9,15-16,19H,4-5,10-14H2,1-3H3. The molecule has 1 aromatic rings. The van der Waals surface area contributed by atoms with E-state index in [-0.39, 0.29) is 0 Å². The molecule has 1 atom stereocenters. The second-order valence-electron chi connectivity index (χ2n) is 6.63. The first-order valence-corrected chi connectivity index (χ1v) is 8.17. The second-order valence-corrected chi connectivity index (χ2v) is 6.63. The minimum Gasteiger partial charge on any atom is -0.316 e. The van der Waals surface area contributed by atoms with E-state index < -0.39 is 0 Å². The van der Waals surface area contributed by atoms with E-state index >= 15 is 0 Å². The molecule has 2 rings (SSSR count). The van der Waals surface area contributed by atoms with E-state index in [0.717, 1.165) is 38.0 Å². The Morgan fingerprint density at radius 1 is 1.20 bits per heavy atom. The van der Waals surface area contributed by atoms with Gasteiger partial charge in [-0.25, -0.2) is 0 Å². The first-order valence-electron chi connectivity index (χ1n) is 8.17. The van der Waals surface area contributed by atoms with E-state index in [4.69, 9.17) is 0 Å². The van der Waals surface area contributed by atoms with E-state index in [1.165, 1.54) is 30.5 Å². The molecule has 0 aliphatic carbocycles. The Bertz CT molecular complexity index is 383. The van der Waals surface area contributed by atoms with Gasteiger partial charge in [0.25, 0.3) is 0 Å². The Balaban J connectivity index is 1.75. The Morgan fingerprint density at radius 2 is 1.90 bits per heavy atom. The van der Waals surface area contributed by atoms with Crippen LogP contribution in [0, 0.1) is 5.92 Å². The number of hydrogen-bond donors (Lipinski definition) is 1. The van der Waals surface area contributed by atoms with Crippen LogP contribution in [-0.2, 0) is 13.0 Å². The third kappa shape index (κ3) is 4.92. The molecule has 0 saturated carbocycles. The van der Waals surface area contributed by atoms with Crippen LogP contribution >= 0.6 is 0 Å². The number of nitrogens with zero attached hydrogens (tertiary/aromatic N) is 1. The molecule has 112 valence electrons. The maximum Gasteiger partial charge on any atom is 0.0236 e. The van der Waals surface area contributed by atoms with Crippen molar-refractivity contribution in [3.63, 3.8) is 0 Å². The summed E-state index contributed by atoms with van der Waals surface area (Å²) in [4.78, 5) is 2.60. The molecule has 0 radical (unpaired) electrons. The van der Waals surface area contributed by atoms with Gasteiger partial charge in [0.15, 0.2) is 0 Å². The molecule has 20 heavy (non-hydrogen) atoms. The summed E-state index contributed by atoms with van der Waals surface area (Å²) < 4.78 is 0. The molecular weight excluding hydrogens is 244 g/mol. The summed E-state index contributed by atoms with van der Waals surface area (Å²) in [5.74, 6) is 0.736. The monoisotopic (exact) mass is 274 g/mol. The van der Waals surface area contributed by atoms with Crippen molar-refractivity contribution >= 4 is 0 Å². The zero-order valence-electron chi connectivity index (χ0n) is 13.4. The summed E-state index contributed by atoms with van der Waals surface area (Å²) in [5.41, 5.74) is 2.90. The molecule has 1 heterocycles. The molecule has 1 saturated heterocycles. The Kier molecular flexibility index (Phi) is 6.06. The number of benzene rings is 1. The van der Waals surface area contributed by atoms with Crippen LogP contribution in [0.25, 0.3) is 0 Å². The molecule has 0 aromatic heterocycles. The van der Waals surface area contributed by atoms with Crippen molar-refractivity contribution in [1.82, 2.24) is 10.2 Å². The van der Waals surface area contributed by atoms with Crippen LogP contribution in [0.15, 0.2) is 24.3 Å². The van der Waals surface area contributed by atoms with Gasteiger partial charge in [-0.2, -0.15) is 0 Å². The van der Waals surface area contributed by atoms with Crippen LogP contribution in [-0.4, -0.2) is 30.6 Å². The zero-order valence-corrected chi connectivity index (χ0v) is 13.4. The first-order chi connectivity index (χ1) is 9.65. The highest BCUT2D eigenvalue weighted by molar-refractivity contribution is 5.23. The van der Waals surface area contributed by atoms with Crippen LogP contribution in [0.2, 0.25) is 0 Å². The number of nitrogens with one attached hydrogen (secondary N) is 1. The smallest absolute Gasteiger partial charge is 0.0236 e. The van der Waals surface area contributed by atoms with Crippen molar-refractivity contribution in [3.8, 4) is 0 Å². The van der Waals surface area contributed by atoms with Crippen molar-refractivity contribution in [2.24, 2.45) is 5.92 Å². The molecular formula is C18H30N2. The SMILES string of the molecule is CC(C)CNCCc1ccc(CN2CCCC2C)cc1. The summed E-state index contributed by atoms with van der Waals surface area (Å²) in [6, 6.07) is 9.97. The summed E-state index contributed by atoms with van der Waals surface area (Å²) >= 11 is 0. The lowest BCUT2D eigenvalue weighted by Gasteiger charge is -2.21. The lowest BCUT2D eigenvalue weighted by Crippen LogP contribution is -2.26. The van der Waals surface area contributed by atoms with Crippen LogP contribution in [0.5, 0.6) is 0 Å². The van der Waals surface area contributed by atoms with Crippen molar-refractivity contribution < 1.29 is 0 Å². The van der Waals surface area contributed by atoms with Crippen molar-refractivity contribution in [3.05, 3.63) is 35.4 Å². The van der Waals surface area contributed by atoms with Crippen molar-refractivity contribution in [2.45, 2.75) is 52.6 Å². The molecule has 0 amide bonds. The average molecular weight is 274 g/mol. The lowest BCUT2D eigenvalue weighted by atomic mass is 10.1. The van der Waals surface area contributed by atoms with E-state index in [0.29, 0.717) is 0 Å². The van der Waals surface area contributed by atoms with Gasteiger partial charge in [-0.05, 0) is 62.9 Å². The predicted octanol–water partition coefficient (Wildman–Crippen LogP) is 3.46. The third-order valence-corrected chi connectivity index (χ3v) is 4.24. The highest BCUT2D eigenvalue weighted by atomic mass is 15.2. The fourth-order valence-electron chi connectivity index (χ4n) is 2.90. The summed E-state index contributed by atoms with van der Waals surface area (Å²) in [6.07, 6.45) is 3.85. The second kappa shape index (κ2) is 7.80. The normalized spacial score (nSPS) is 19.9. The van der Waals surface area contributed by atoms with Gasteiger partial charge in [-0.3, -0.25) is 4.90 Å². The maximum atomic E-state index is 3.50. The van der Waals surface area contributed by atoms with Crippen LogP contribution in [0.4, 0.5) is 0 Å². The van der Waals surface area contributed by atoms with Crippen molar-refractivity contribution in [2.75, 3.05) is 19.6 Å². The van der Waals surface area contributed by atoms with E-state index in [9.17, 15) is 0 Å². The van der Waals surface area contributed by atoms with Gasteiger partial charge in [-0.1, -0.05) is 38.1 Å². The van der Waals surface area contributed by atoms with Gasteiger partial charge in [0, 0.05) is 12.6 Å². The largest absolute Gasteiger partial charge is 0.316 e. The lowest BCUT2D eigenvalue weighted by molar-refractivity contribution is 0.260. The minimum absolute atomic E-state index is 0.736. The van der Waals surface area contributed by atoms with E-state index in [1.807, 2.05) is 0 Å². The van der Waals surface area contributed by atoms with Gasteiger partial charge in [0.05, 0.1) is 0 Å². The number of hydrogen-bond acceptors (Lipinski definition) is 2. The van der Waals surface area contributed by atoms with Crippen LogP contribution in [0.3, 0.4) is 0 Å². The highest BCUT2D eigenvalue weighted by Gasteiger charge is 2.19. The van der Waals surface area contributed by atoms with E-state index in [1.54, 1.807) is 0 Å². The van der Waals surface area contributed by atoms with Gasteiger partial charge in [0.1, 0.15) is 0 Å². The number of likely N-dealkylation sites (tertiary alicyclic amines) is 1. The molecule has 1 fully saturated rings. The van der Waals surface area contributed by atoms with E-state index in [2.05, 4.69) is 55.3 Å². The molecule has 2 heteroatoms. The Labute approximate surface area is 124 Å². The van der Waals surface area contributed by atoms with Gasteiger partial charge in [0.2, 0.25) is 0 Å². The third-order valence-electron chi connectivity index (χ3n) is 4.24. The molecule has 0 spiro atoms. The quantitative estimate of drug-likeness (QED) is 0.766. The molecule has 0 bridgehead atoms. The van der Waals surface area contributed by atoms with Crippen molar-refractivity contribution in [1.29, 1.82) is 0 Å². The van der Waals surface area contributed by atoms with Gasteiger partial charge in [-0.15, -0.1) is 0 Å². The zero-order chi connectivity index (χ0) is 14.4. The molecule has 2 nitrogen and oxygen atoms in total. The summed E-state index contributed by atoms with van der Waals surface area (Å²) in [6.45, 7) is 11.4. The summed E-state index contributed by atoms with van der Waals surface area (Å²) in [5, 5.41) is 3.50. The molecule has 1 unspecified atom stereocenters. The number of rotatable bonds is 7. The molecule has 1 aliphatic rings. The minimum atomic E-state index is 0.736. The fraction of sp³-hybridized carbons (Fsp3) is 0.667. The Morgan fingerprint density at radius 3 is 2.50 bits per heavy atom. The topological polar surface area (TPSA) is 15.3 Å². The molecule has 1 aliphatic heterocycles. The van der Waals surface area contributed by atoms with Crippen LogP contribution in [0.1, 0.15) is 44.7 Å². The Hall–Kier alpha value is -0.860.